The first-order valence-corrected chi connectivity index (χ1v) is 4.19. The lowest BCUT2D eigenvalue weighted by Gasteiger charge is -1.89. The van der Waals surface area contributed by atoms with Gasteiger partial charge in [-0.15, -0.1) is 9.24 Å². The second-order valence-corrected chi connectivity index (χ2v) is 2.58. The minimum Gasteiger partial charge on any atom is -0.106 e. The van der Waals surface area contributed by atoms with Gasteiger partial charge in [-0.05, 0) is 12.2 Å². The maximum atomic E-state index is 2.65. The molecule has 0 aliphatic heterocycles. The van der Waals surface area contributed by atoms with Crippen LogP contribution >= 0.6 is 9.24 Å². The minimum absolute atomic E-state index is 1.25. The number of hydrogen-bond donors (Lipinski definition) is 0. The predicted molar refractivity (Wildman–Crippen MR) is 51.9 cm³/mol. The second kappa shape index (κ2) is 5.44. The first-order valence-electron chi connectivity index (χ1n) is 3.61. The molecule has 0 bridgehead atoms. The highest BCUT2D eigenvalue weighted by Crippen LogP contribution is 1.94. The molecule has 56 valence electrons. The fraction of sp³-hybridized carbons (Fsp3) is 0.333. The van der Waals surface area contributed by atoms with Gasteiger partial charge in [-0.25, -0.2) is 0 Å². The Hall–Kier alpha value is -0.350. The van der Waals surface area contributed by atoms with Crippen molar-refractivity contribution in [2.75, 3.05) is 0 Å². The van der Waals surface area contributed by atoms with E-state index in [9.17, 15) is 0 Å². The highest BCUT2D eigenvalue weighted by atomic mass is 31.0. The largest absolute Gasteiger partial charge is 0.106 e. The molecule has 1 rings (SSSR count). The zero-order valence-corrected chi connectivity index (χ0v) is 8.04. The predicted octanol–water partition coefficient (Wildman–Crippen LogP) is 2.52. The number of benzene rings is 1. The smallest absolute Gasteiger partial charge is 0.0302 e. The lowest BCUT2D eigenvalue weighted by atomic mass is 10.2. The summed E-state index contributed by atoms with van der Waals surface area (Å²) < 4.78 is 0. The third-order valence-electron chi connectivity index (χ3n) is 1.08. The van der Waals surface area contributed by atoms with Crippen LogP contribution in [0.2, 0.25) is 0 Å². The van der Waals surface area contributed by atoms with Crippen LogP contribution in [0.1, 0.15) is 19.4 Å². The molecule has 0 aromatic heterocycles. The average molecular weight is 154 g/mol. The van der Waals surface area contributed by atoms with Crippen LogP contribution in [-0.2, 0) is 0 Å². The van der Waals surface area contributed by atoms with E-state index in [4.69, 9.17) is 0 Å². The van der Waals surface area contributed by atoms with Crippen molar-refractivity contribution < 1.29 is 0 Å². The second-order valence-electron chi connectivity index (χ2n) is 1.91. The first-order chi connectivity index (χ1) is 4.79. The normalized spacial score (nSPS) is 8.00. The molecule has 1 unspecified atom stereocenters. The molecule has 0 heterocycles. The standard InChI is InChI=1S/C7H9P.C2H6/c1-6-2-4-7(8)5-3-6;1-2/h2-5H,8H2,1H3;1-2H3. The Bertz CT molecular complexity index is 144. The van der Waals surface area contributed by atoms with E-state index in [2.05, 4.69) is 40.4 Å². The molecule has 1 aromatic carbocycles. The van der Waals surface area contributed by atoms with Gasteiger partial charge in [0.05, 0.1) is 0 Å². The van der Waals surface area contributed by atoms with Gasteiger partial charge in [0.1, 0.15) is 0 Å². The molecule has 0 radical (unpaired) electrons. The quantitative estimate of drug-likeness (QED) is 0.504. The van der Waals surface area contributed by atoms with Gasteiger partial charge in [0.25, 0.3) is 0 Å². The fourth-order valence-corrected chi connectivity index (χ4v) is 0.759. The molecule has 0 nitrogen and oxygen atoms in total. The summed E-state index contributed by atoms with van der Waals surface area (Å²) in [7, 11) is 2.65. The maximum Gasteiger partial charge on any atom is -0.0302 e. The van der Waals surface area contributed by atoms with Crippen molar-refractivity contribution in [1.29, 1.82) is 0 Å². The Morgan fingerprint density at radius 3 is 1.70 bits per heavy atom. The number of rotatable bonds is 0. The van der Waals surface area contributed by atoms with E-state index in [1.165, 1.54) is 10.9 Å². The highest BCUT2D eigenvalue weighted by Gasteiger charge is 1.79. The lowest BCUT2D eigenvalue weighted by molar-refractivity contribution is 1.49. The van der Waals surface area contributed by atoms with Crippen molar-refractivity contribution >= 4 is 14.5 Å². The van der Waals surface area contributed by atoms with E-state index in [1.54, 1.807) is 0 Å². The van der Waals surface area contributed by atoms with E-state index in [1.807, 2.05) is 13.8 Å². The molecule has 1 atom stereocenters. The molecule has 0 N–H and O–H groups in total. The number of hydrogen-bond acceptors (Lipinski definition) is 0. The van der Waals surface area contributed by atoms with Crippen LogP contribution in [0.4, 0.5) is 0 Å². The molecule has 0 amide bonds. The molecular weight excluding hydrogens is 139 g/mol. The zero-order chi connectivity index (χ0) is 7.98. The minimum atomic E-state index is 1.25. The molecule has 0 spiro atoms. The van der Waals surface area contributed by atoms with Crippen LogP contribution in [0, 0.1) is 6.92 Å². The molecule has 10 heavy (non-hydrogen) atoms. The Morgan fingerprint density at radius 1 is 1.00 bits per heavy atom. The Kier molecular flexibility index (Phi) is 5.25. The van der Waals surface area contributed by atoms with E-state index < -0.39 is 0 Å². The van der Waals surface area contributed by atoms with Gasteiger partial charge in [-0.2, -0.15) is 0 Å². The third kappa shape index (κ3) is 3.63. The van der Waals surface area contributed by atoms with Crippen molar-refractivity contribution in [3.8, 4) is 0 Å². The average Bonchev–Trinajstić information content (AvgIpc) is 2.00. The first kappa shape index (κ1) is 9.65. The molecular formula is C9H15P. The summed E-state index contributed by atoms with van der Waals surface area (Å²) in [5, 5.41) is 1.25. The Morgan fingerprint density at radius 2 is 1.40 bits per heavy atom. The van der Waals surface area contributed by atoms with Gasteiger partial charge < -0.3 is 0 Å². The van der Waals surface area contributed by atoms with Crippen LogP contribution in [0.15, 0.2) is 24.3 Å². The lowest BCUT2D eigenvalue weighted by Crippen LogP contribution is -1.85. The van der Waals surface area contributed by atoms with Crippen molar-refractivity contribution in [3.63, 3.8) is 0 Å². The molecule has 1 aromatic rings. The van der Waals surface area contributed by atoms with Crippen LogP contribution in [0.25, 0.3) is 0 Å². The maximum absolute atomic E-state index is 2.65. The summed E-state index contributed by atoms with van der Waals surface area (Å²) >= 11 is 0. The van der Waals surface area contributed by atoms with Crippen molar-refractivity contribution in [1.82, 2.24) is 0 Å². The fourth-order valence-electron chi connectivity index (χ4n) is 0.566. The monoisotopic (exact) mass is 154 g/mol. The van der Waals surface area contributed by atoms with Gasteiger partial charge in [-0.1, -0.05) is 43.7 Å². The van der Waals surface area contributed by atoms with Gasteiger partial charge in [-0.3, -0.25) is 0 Å². The molecule has 1 heteroatoms. The molecule has 0 saturated carbocycles. The summed E-state index contributed by atoms with van der Waals surface area (Å²) in [6.45, 7) is 6.09. The van der Waals surface area contributed by atoms with Crippen LogP contribution in [0.3, 0.4) is 0 Å². The molecule has 0 aliphatic carbocycles. The van der Waals surface area contributed by atoms with E-state index in [0.29, 0.717) is 0 Å². The van der Waals surface area contributed by atoms with Crippen LogP contribution in [-0.4, -0.2) is 0 Å². The summed E-state index contributed by atoms with van der Waals surface area (Å²) in [5.41, 5.74) is 1.32. The van der Waals surface area contributed by atoms with Crippen molar-refractivity contribution in [2.24, 2.45) is 0 Å². The Labute approximate surface area is 65.9 Å². The van der Waals surface area contributed by atoms with Gasteiger partial charge in [0, 0.05) is 0 Å². The van der Waals surface area contributed by atoms with Crippen LogP contribution in [0.5, 0.6) is 0 Å². The van der Waals surface area contributed by atoms with Crippen molar-refractivity contribution in [2.45, 2.75) is 20.8 Å². The Balaban J connectivity index is 0.000000371. The summed E-state index contributed by atoms with van der Waals surface area (Å²) in [6.07, 6.45) is 0. The topological polar surface area (TPSA) is 0 Å². The molecule has 0 fully saturated rings. The SMILES string of the molecule is CC.Cc1ccc(P)cc1. The number of aryl methyl sites for hydroxylation is 1. The van der Waals surface area contributed by atoms with Crippen molar-refractivity contribution in [3.05, 3.63) is 29.8 Å². The summed E-state index contributed by atoms with van der Waals surface area (Å²) in [4.78, 5) is 0. The van der Waals surface area contributed by atoms with E-state index in [-0.39, 0.29) is 0 Å². The van der Waals surface area contributed by atoms with Gasteiger partial charge in [0.2, 0.25) is 0 Å². The van der Waals surface area contributed by atoms with Gasteiger partial charge >= 0.3 is 0 Å². The molecule has 0 aliphatic rings. The summed E-state index contributed by atoms with van der Waals surface area (Å²) in [5.74, 6) is 0. The van der Waals surface area contributed by atoms with E-state index in [0.717, 1.165) is 0 Å². The zero-order valence-electron chi connectivity index (χ0n) is 6.89. The highest BCUT2D eigenvalue weighted by molar-refractivity contribution is 7.27. The van der Waals surface area contributed by atoms with Crippen LogP contribution < -0.4 is 5.30 Å². The summed E-state index contributed by atoms with van der Waals surface area (Å²) in [6, 6.07) is 8.37. The van der Waals surface area contributed by atoms with Gasteiger partial charge in [0.15, 0.2) is 0 Å². The van der Waals surface area contributed by atoms with E-state index >= 15 is 0 Å². The third-order valence-corrected chi connectivity index (χ3v) is 1.46. The molecule has 0 saturated heterocycles.